The number of hydrogen-bond donors (Lipinski definition) is 2. The van der Waals surface area contributed by atoms with Crippen molar-refractivity contribution in [3.8, 4) is 17.2 Å². The van der Waals surface area contributed by atoms with Gasteiger partial charge in [0, 0.05) is 16.8 Å². The molecule has 3 aromatic rings. The Morgan fingerprint density at radius 3 is 2.57 bits per heavy atom. The van der Waals surface area contributed by atoms with E-state index in [0.717, 1.165) is 16.2 Å². The number of phenolic OH excluding ortho intramolecular Hbond substituents is 2. The highest BCUT2D eigenvalue weighted by Crippen LogP contribution is 2.24. The molecule has 2 aromatic carbocycles. The largest absolute Gasteiger partial charge is 0.504 e. The maximum Gasteiger partial charge on any atom is 0.215 e. The summed E-state index contributed by atoms with van der Waals surface area (Å²) in [5.41, 5.74) is 2.77. The number of phenols is 2. The summed E-state index contributed by atoms with van der Waals surface area (Å²) in [4.78, 5) is 0.757. The van der Waals surface area contributed by atoms with Crippen LogP contribution in [-0.4, -0.2) is 21.0 Å². The molecule has 0 aliphatic carbocycles. The quantitative estimate of drug-likeness (QED) is 0.441. The van der Waals surface area contributed by atoms with Gasteiger partial charge < -0.3 is 10.2 Å². The Bertz CT molecular complexity index is 911. The van der Waals surface area contributed by atoms with E-state index in [4.69, 9.17) is 0 Å². The van der Waals surface area contributed by atoms with Gasteiger partial charge in [0.05, 0.1) is 6.21 Å². The first-order valence-corrected chi connectivity index (χ1v) is 7.85. The van der Waals surface area contributed by atoms with Crippen LogP contribution >= 0.6 is 11.3 Å². The molecule has 0 bridgehead atoms. The van der Waals surface area contributed by atoms with Gasteiger partial charge in [-0.1, -0.05) is 18.2 Å². The van der Waals surface area contributed by atoms with E-state index < -0.39 is 0 Å². The topological polar surface area (TPSA) is 70.1 Å². The fraction of sp³-hybridized carbons (Fsp3) is 0.0588. The van der Waals surface area contributed by atoms with E-state index in [9.17, 15) is 10.2 Å². The molecule has 0 amide bonds. The Morgan fingerprint density at radius 1 is 1.04 bits per heavy atom. The second-order valence-electron chi connectivity index (χ2n) is 4.92. The van der Waals surface area contributed by atoms with Crippen LogP contribution < -0.4 is 4.80 Å². The summed E-state index contributed by atoms with van der Waals surface area (Å²) < 4.78 is 2.02. The normalized spacial score (nSPS) is 12.1. The molecular weight excluding hydrogens is 310 g/mol. The van der Waals surface area contributed by atoms with Crippen LogP contribution in [0.5, 0.6) is 11.5 Å². The molecule has 6 heteroatoms. The van der Waals surface area contributed by atoms with Gasteiger partial charge >= 0.3 is 0 Å². The summed E-state index contributed by atoms with van der Waals surface area (Å²) in [6.07, 6.45) is 1.53. The highest BCUT2D eigenvalue weighted by Gasteiger charge is 2.03. The molecule has 0 unspecified atom stereocenters. The predicted octanol–water partition coefficient (Wildman–Crippen LogP) is 3.19. The van der Waals surface area contributed by atoms with Gasteiger partial charge in [0.25, 0.3) is 0 Å². The monoisotopic (exact) mass is 325 g/mol. The fourth-order valence-corrected chi connectivity index (χ4v) is 2.95. The molecule has 3 rings (SSSR count). The first kappa shape index (κ1) is 15.1. The lowest BCUT2D eigenvalue weighted by Crippen LogP contribution is -2.13. The van der Waals surface area contributed by atoms with E-state index in [1.54, 1.807) is 6.07 Å². The number of aryl methyl sites for hydroxylation is 1. The molecule has 0 atom stereocenters. The van der Waals surface area contributed by atoms with Crippen molar-refractivity contribution in [1.82, 2.24) is 4.57 Å². The molecule has 23 heavy (non-hydrogen) atoms. The summed E-state index contributed by atoms with van der Waals surface area (Å²) >= 11 is 1.50. The van der Waals surface area contributed by atoms with Gasteiger partial charge in [-0.05, 0) is 42.8 Å². The molecule has 1 aromatic heterocycles. The number of nitrogens with zero attached hydrogens (tertiary/aromatic N) is 3. The molecule has 0 radical (unpaired) electrons. The summed E-state index contributed by atoms with van der Waals surface area (Å²) in [5, 5.41) is 29.1. The van der Waals surface area contributed by atoms with Crippen LogP contribution in [0.15, 0.2) is 64.1 Å². The van der Waals surface area contributed by atoms with E-state index in [0.29, 0.717) is 5.56 Å². The summed E-state index contributed by atoms with van der Waals surface area (Å²) in [6.45, 7) is 2.02. The third-order valence-corrected chi connectivity index (χ3v) is 4.18. The van der Waals surface area contributed by atoms with Crippen molar-refractivity contribution in [2.75, 3.05) is 0 Å². The van der Waals surface area contributed by atoms with E-state index in [1.165, 1.54) is 29.7 Å². The molecule has 2 N–H and O–H groups in total. The fourth-order valence-electron chi connectivity index (χ4n) is 2.12. The smallest absolute Gasteiger partial charge is 0.215 e. The highest BCUT2D eigenvalue weighted by molar-refractivity contribution is 7.07. The Hall–Kier alpha value is -2.86. The van der Waals surface area contributed by atoms with E-state index >= 15 is 0 Å². The number of para-hydroxylation sites is 1. The third-order valence-electron chi connectivity index (χ3n) is 3.24. The lowest BCUT2D eigenvalue weighted by molar-refractivity contribution is 0.403. The maximum absolute atomic E-state index is 9.47. The van der Waals surface area contributed by atoms with Crippen LogP contribution in [0, 0.1) is 6.92 Å². The predicted molar refractivity (Wildman–Crippen MR) is 91.3 cm³/mol. The minimum absolute atomic E-state index is 0.158. The molecule has 5 nitrogen and oxygen atoms in total. The molecule has 0 spiro atoms. The minimum atomic E-state index is -0.180. The van der Waals surface area contributed by atoms with Gasteiger partial charge in [0.1, 0.15) is 0 Å². The van der Waals surface area contributed by atoms with Gasteiger partial charge in [-0.15, -0.1) is 16.4 Å². The number of thiazole rings is 1. The molecular formula is C17H15N3O2S. The van der Waals surface area contributed by atoms with Gasteiger partial charge in [0.2, 0.25) is 4.80 Å². The highest BCUT2D eigenvalue weighted by atomic mass is 32.1. The zero-order valence-electron chi connectivity index (χ0n) is 12.4. The second kappa shape index (κ2) is 6.50. The van der Waals surface area contributed by atoms with Crippen LogP contribution in [0.4, 0.5) is 0 Å². The first-order valence-electron chi connectivity index (χ1n) is 6.97. The number of benzene rings is 2. The lowest BCUT2D eigenvalue weighted by Gasteiger charge is -2.04. The second-order valence-corrected chi connectivity index (χ2v) is 5.76. The van der Waals surface area contributed by atoms with Gasteiger partial charge in [-0.2, -0.15) is 5.10 Å². The van der Waals surface area contributed by atoms with Crippen molar-refractivity contribution in [1.29, 1.82) is 0 Å². The standard InChI is InChI=1S/C17H15N3O2S/c1-12-11-23-17(20(12)14-5-3-2-4-6-14)19-18-10-13-7-8-15(21)16(22)9-13/h2-11,21-22H,1H3. The molecule has 0 saturated carbocycles. The third kappa shape index (κ3) is 3.32. The van der Waals surface area contributed by atoms with Crippen molar-refractivity contribution in [2.45, 2.75) is 6.92 Å². The van der Waals surface area contributed by atoms with Crippen LogP contribution in [0.25, 0.3) is 5.69 Å². The molecule has 1 heterocycles. The zero-order valence-corrected chi connectivity index (χ0v) is 13.2. The average molecular weight is 325 g/mol. The minimum Gasteiger partial charge on any atom is -0.504 e. The van der Waals surface area contributed by atoms with E-state index in [2.05, 4.69) is 10.2 Å². The van der Waals surface area contributed by atoms with Crippen LogP contribution in [0.3, 0.4) is 0 Å². The number of aromatic nitrogens is 1. The molecule has 0 saturated heterocycles. The van der Waals surface area contributed by atoms with Crippen LogP contribution in [0.1, 0.15) is 11.3 Å². The van der Waals surface area contributed by atoms with Gasteiger partial charge in [-0.25, -0.2) is 0 Å². The summed E-state index contributed by atoms with van der Waals surface area (Å²) in [5.74, 6) is -0.338. The summed E-state index contributed by atoms with van der Waals surface area (Å²) in [7, 11) is 0. The van der Waals surface area contributed by atoms with Crippen molar-refractivity contribution in [3.05, 3.63) is 70.0 Å². The van der Waals surface area contributed by atoms with Crippen molar-refractivity contribution >= 4 is 17.6 Å². The maximum atomic E-state index is 9.47. The molecule has 116 valence electrons. The van der Waals surface area contributed by atoms with E-state index in [-0.39, 0.29) is 11.5 Å². The van der Waals surface area contributed by atoms with E-state index in [1.807, 2.05) is 47.2 Å². The van der Waals surface area contributed by atoms with Gasteiger partial charge in [0.15, 0.2) is 11.5 Å². The number of rotatable bonds is 3. The molecule has 0 aliphatic rings. The SMILES string of the molecule is Cc1csc(=NN=Cc2ccc(O)c(O)c2)n1-c1ccccc1. The summed E-state index contributed by atoms with van der Waals surface area (Å²) in [6, 6.07) is 14.4. The first-order chi connectivity index (χ1) is 11.1. The molecule has 0 aliphatic heterocycles. The lowest BCUT2D eigenvalue weighted by atomic mass is 10.2. The van der Waals surface area contributed by atoms with Gasteiger partial charge in [-0.3, -0.25) is 4.57 Å². The Morgan fingerprint density at radius 2 is 1.83 bits per heavy atom. The average Bonchev–Trinajstić information content (AvgIpc) is 2.92. The van der Waals surface area contributed by atoms with Crippen LogP contribution in [0.2, 0.25) is 0 Å². The Kier molecular flexibility index (Phi) is 4.25. The Balaban J connectivity index is 1.95. The van der Waals surface area contributed by atoms with Crippen molar-refractivity contribution < 1.29 is 10.2 Å². The van der Waals surface area contributed by atoms with Crippen molar-refractivity contribution in [2.24, 2.45) is 10.2 Å². The Labute approximate surface area is 137 Å². The number of hydrogen-bond acceptors (Lipinski definition) is 5. The van der Waals surface area contributed by atoms with Crippen molar-refractivity contribution in [3.63, 3.8) is 0 Å². The molecule has 0 fully saturated rings. The number of aromatic hydroxyl groups is 2. The van der Waals surface area contributed by atoms with Crippen LogP contribution in [-0.2, 0) is 0 Å². The zero-order chi connectivity index (χ0) is 16.2.